The summed E-state index contributed by atoms with van der Waals surface area (Å²) in [6, 6.07) is 5.86. The van der Waals surface area contributed by atoms with Crippen molar-refractivity contribution in [1.82, 2.24) is 29.8 Å². The van der Waals surface area contributed by atoms with Crippen molar-refractivity contribution in [2.45, 2.75) is 37.3 Å². The molecular formula is C24H21F4N7O4. The molecule has 4 heterocycles. The number of amides is 1. The highest BCUT2D eigenvalue weighted by Crippen LogP contribution is 2.34. The van der Waals surface area contributed by atoms with Crippen molar-refractivity contribution in [3.05, 3.63) is 66.0 Å². The molecule has 1 aromatic carbocycles. The van der Waals surface area contributed by atoms with Gasteiger partial charge >= 0.3 is 6.18 Å². The number of ether oxygens (including phenoxy) is 1. The van der Waals surface area contributed by atoms with E-state index >= 15 is 0 Å². The lowest BCUT2D eigenvalue weighted by Crippen LogP contribution is -2.41. The number of anilines is 1. The van der Waals surface area contributed by atoms with Crippen molar-refractivity contribution >= 4 is 22.9 Å². The third-order valence-electron chi connectivity index (χ3n) is 6.12. The molecule has 1 aliphatic rings. The van der Waals surface area contributed by atoms with Gasteiger partial charge in [0.1, 0.15) is 18.0 Å². The van der Waals surface area contributed by atoms with Gasteiger partial charge in [0.25, 0.3) is 5.91 Å². The maximum Gasteiger partial charge on any atom is 0.416 e. The largest absolute Gasteiger partial charge is 0.416 e. The Kier molecular flexibility index (Phi) is 6.88. The number of carbonyl (C=O) groups is 1. The maximum absolute atomic E-state index is 13.9. The SMILES string of the molecule is CNC(=O)[C@@H]1OC(n2cnc3c(NCc4cccc(C(F)(F)F)c4)nc(-c4cncc(F)c4)nc32)C(O)C1O. The Morgan fingerprint density at radius 3 is 2.67 bits per heavy atom. The zero-order chi connectivity index (χ0) is 27.9. The molecule has 15 heteroatoms. The van der Waals surface area contributed by atoms with Gasteiger partial charge < -0.3 is 25.6 Å². The highest BCUT2D eigenvalue weighted by molar-refractivity contribution is 5.85. The summed E-state index contributed by atoms with van der Waals surface area (Å²) >= 11 is 0. The number of fused-ring (bicyclic) bond motifs is 1. The van der Waals surface area contributed by atoms with Gasteiger partial charge in [-0.05, 0) is 23.8 Å². The summed E-state index contributed by atoms with van der Waals surface area (Å²) in [5.74, 6) is -1.24. The molecule has 3 aromatic heterocycles. The third kappa shape index (κ3) is 5.10. The fraction of sp³-hybridized carbons (Fsp3) is 0.292. The molecule has 4 N–H and O–H groups in total. The van der Waals surface area contributed by atoms with Crippen molar-refractivity contribution in [3.63, 3.8) is 0 Å². The second-order valence-corrected chi connectivity index (χ2v) is 8.71. The summed E-state index contributed by atoms with van der Waals surface area (Å²) in [6.07, 6.45) is -6.73. The Hall–Kier alpha value is -4.21. The van der Waals surface area contributed by atoms with E-state index in [-0.39, 0.29) is 34.9 Å². The molecule has 1 fully saturated rings. The summed E-state index contributed by atoms with van der Waals surface area (Å²) in [7, 11) is 1.35. The van der Waals surface area contributed by atoms with Crippen LogP contribution in [-0.4, -0.2) is 66.0 Å². The zero-order valence-corrected chi connectivity index (χ0v) is 20.1. The fourth-order valence-electron chi connectivity index (χ4n) is 4.18. The van der Waals surface area contributed by atoms with Crippen LogP contribution in [0.15, 0.2) is 49.1 Å². The van der Waals surface area contributed by atoms with Crippen molar-refractivity contribution in [2.75, 3.05) is 12.4 Å². The van der Waals surface area contributed by atoms with Crippen molar-refractivity contribution in [2.24, 2.45) is 0 Å². The maximum atomic E-state index is 13.9. The first-order valence-electron chi connectivity index (χ1n) is 11.6. The van der Waals surface area contributed by atoms with Gasteiger partial charge in [0.15, 0.2) is 35.1 Å². The summed E-state index contributed by atoms with van der Waals surface area (Å²) in [4.78, 5) is 29.0. The number of pyridine rings is 1. The lowest BCUT2D eigenvalue weighted by molar-refractivity contribution is -0.138. The summed E-state index contributed by atoms with van der Waals surface area (Å²) in [5, 5.41) is 26.3. The van der Waals surface area contributed by atoms with Crippen LogP contribution in [0.3, 0.4) is 0 Å². The quantitative estimate of drug-likeness (QED) is 0.266. The summed E-state index contributed by atoms with van der Waals surface area (Å²) in [5.41, 5.74) is -0.116. The number of halogens is 4. The molecule has 1 aliphatic heterocycles. The van der Waals surface area contributed by atoms with Gasteiger partial charge in [0.2, 0.25) is 0 Å². The Bertz CT molecular complexity index is 1530. The van der Waals surface area contributed by atoms with E-state index < -0.39 is 48.0 Å². The van der Waals surface area contributed by atoms with Crippen LogP contribution < -0.4 is 10.6 Å². The molecule has 0 aliphatic carbocycles. The van der Waals surface area contributed by atoms with E-state index in [0.29, 0.717) is 5.56 Å². The average molecular weight is 547 g/mol. The van der Waals surface area contributed by atoms with Crippen LogP contribution in [0.1, 0.15) is 17.4 Å². The number of nitrogens with one attached hydrogen (secondary N) is 2. The molecule has 0 saturated carbocycles. The molecule has 0 radical (unpaired) electrons. The zero-order valence-electron chi connectivity index (χ0n) is 20.1. The molecule has 11 nitrogen and oxygen atoms in total. The minimum absolute atomic E-state index is 0.0151. The molecule has 204 valence electrons. The lowest BCUT2D eigenvalue weighted by Gasteiger charge is -2.17. The first-order chi connectivity index (χ1) is 18.6. The Morgan fingerprint density at radius 1 is 1.15 bits per heavy atom. The van der Waals surface area contributed by atoms with Crippen LogP contribution in [-0.2, 0) is 22.3 Å². The number of benzene rings is 1. The van der Waals surface area contributed by atoms with Gasteiger partial charge in [-0.25, -0.2) is 19.3 Å². The molecule has 1 amide bonds. The normalized spacial score (nSPS) is 21.3. The van der Waals surface area contributed by atoms with Crippen LogP contribution in [0.25, 0.3) is 22.6 Å². The van der Waals surface area contributed by atoms with Gasteiger partial charge in [0.05, 0.1) is 18.1 Å². The number of imidazole rings is 1. The average Bonchev–Trinajstić information content (AvgIpc) is 3.47. The van der Waals surface area contributed by atoms with Crippen LogP contribution in [0.2, 0.25) is 0 Å². The number of rotatable bonds is 6. The monoisotopic (exact) mass is 547 g/mol. The fourth-order valence-corrected chi connectivity index (χ4v) is 4.18. The standard InChI is InChI=1S/C24H21F4N7O4/c1-29-22(38)18-16(36)17(37)23(39-18)35-10-32-15-20(31-7-11-3-2-4-13(5-11)24(26,27)28)33-19(34-21(15)35)12-6-14(25)9-30-8-12/h2-6,8-10,16-18,23,36-37H,7H2,1H3,(H,29,38)(H,31,33,34)/t16?,17?,18-,23?/m1/s1. The lowest BCUT2D eigenvalue weighted by atomic mass is 10.1. The predicted molar refractivity (Wildman–Crippen MR) is 127 cm³/mol. The highest BCUT2D eigenvalue weighted by atomic mass is 19.4. The van der Waals surface area contributed by atoms with Crippen LogP contribution in [0, 0.1) is 5.82 Å². The molecule has 5 rings (SSSR count). The predicted octanol–water partition coefficient (Wildman–Crippen LogP) is 2.02. The Balaban J connectivity index is 1.56. The number of alkyl halides is 3. The van der Waals surface area contributed by atoms with E-state index in [1.54, 1.807) is 0 Å². The topological polar surface area (TPSA) is 147 Å². The highest BCUT2D eigenvalue weighted by Gasteiger charge is 2.47. The van der Waals surface area contributed by atoms with Crippen LogP contribution >= 0.6 is 0 Å². The van der Waals surface area contributed by atoms with E-state index in [9.17, 15) is 32.6 Å². The molecule has 4 aromatic rings. The first kappa shape index (κ1) is 26.4. The first-order valence-corrected chi connectivity index (χ1v) is 11.6. The summed E-state index contributed by atoms with van der Waals surface area (Å²) in [6.45, 7) is -0.0796. The minimum Gasteiger partial charge on any atom is -0.387 e. The van der Waals surface area contributed by atoms with Crippen molar-refractivity contribution in [3.8, 4) is 11.4 Å². The van der Waals surface area contributed by atoms with E-state index in [2.05, 4.69) is 30.6 Å². The molecule has 4 atom stereocenters. The van der Waals surface area contributed by atoms with E-state index in [0.717, 1.165) is 24.4 Å². The second-order valence-electron chi connectivity index (χ2n) is 8.71. The van der Waals surface area contributed by atoms with Crippen molar-refractivity contribution < 1.29 is 37.3 Å². The van der Waals surface area contributed by atoms with Crippen molar-refractivity contribution in [1.29, 1.82) is 0 Å². The minimum atomic E-state index is -4.52. The van der Waals surface area contributed by atoms with Gasteiger partial charge in [-0.2, -0.15) is 13.2 Å². The summed E-state index contributed by atoms with van der Waals surface area (Å²) < 4.78 is 60.3. The second kappa shape index (κ2) is 10.2. The number of aliphatic hydroxyl groups excluding tert-OH is 2. The molecule has 1 saturated heterocycles. The number of carbonyl (C=O) groups excluding carboxylic acids is 1. The van der Waals surface area contributed by atoms with E-state index in [1.807, 2.05) is 0 Å². The van der Waals surface area contributed by atoms with E-state index in [1.165, 1.54) is 36.3 Å². The Morgan fingerprint density at radius 2 is 1.95 bits per heavy atom. The number of aromatic nitrogens is 5. The van der Waals surface area contributed by atoms with E-state index in [4.69, 9.17) is 4.74 Å². The number of hydrogen-bond donors (Lipinski definition) is 4. The van der Waals surface area contributed by atoms with Crippen LogP contribution in [0.4, 0.5) is 23.4 Å². The molecule has 0 spiro atoms. The smallest absolute Gasteiger partial charge is 0.387 e. The molecule has 39 heavy (non-hydrogen) atoms. The van der Waals surface area contributed by atoms with Crippen LogP contribution in [0.5, 0.6) is 0 Å². The van der Waals surface area contributed by atoms with Gasteiger partial charge in [0, 0.05) is 25.4 Å². The Labute approximate surface area is 217 Å². The third-order valence-corrected chi connectivity index (χ3v) is 6.12. The number of aliphatic hydroxyl groups is 2. The van der Waals surface area contributed by atoms with Gasteiger partial charge in [-0.3, -0.25) is 14.3 Å². The molecule has 3 unspecified atom stereocenters. The van der Waals surface area contributed by atoms with Gasteiger partial charge in [-0.15, -0.1) is 0 Å². The number of nitrogens with zero attached hydrogens (tertiary/aromatic N) is 5. The van der Waals surface area contributed by atoms with Gasteiger partial charge in [-0.1, -0.05) is 12.1 Å². The molecule has 0 bridgehead atoms. The molecular weight excluding hydrogens is 526 g/mol. The number of hydrogen-bond acceptors (Lipinski definition) is 9. The number of likely N-dealkylation sites (N-methyl/N-ethyl adjacent to an activating group) is 1.